The van der Waals surface area contributed by atoms with Gasteiger partial charge in [0.1, 0.15) is 5.54 Å². The predicted molar refractivity (Wildman–Crippen MR) is 108 cm³/mol. The number of amides is 4. The van der Waals surface area contributed by atoms with Crippen LogP contribution in [0.2, 0.25) is 0 Å². The van der Waals surface area contributed by atoms with Crippen LogP contribution >= 0.6 is 0 Å². The zero-order chi connectivity index (χ0) is 21.5. The molecule has 152 valence electrons. The molecule has 2 heterocycles. The van der Waals surface area contributed by atoms with Crippen molar-refractivity contribution < 1.29 is 14.4 Å². The Bertz CT molecular complexity index is 1240. The molecule has 1 aliphatic heterocycles. The van der Waals surface area contributed by atoms with Crippen LogP contribution in [0.15, 0.2) is 59.4 Å². The fraction of sp³-hybridized carbons (Fsp3) is 0.190. The number of imide groups is 1. The van der Waals surface area contributed by atoms with Crippen LogP contribution in [0.1, 0.15) is 29.4 Å². The lowest BCUT2D eigenvalue weighted by Gasteiger charge is -2.25. The molecule has 0 aliphatic carbocycles. The zero-order valence-electron chi connectivity index (χ0n) is 16.4. The van der Waals surface area contributed by atoms with E-state index >= 15 is 0 Å². The van der Waals surface area contributed by atoms with Crippen molar-refractivity contribution in [1.82, 2.24) is 25.5 Å². The monoisotopic (exact) mass is 405 g/mol. The highest BCUT2D eigenvalue weighted by molar-refractivity contribution is 6.11. The number of rotatable bonds is 4. The van der Waals surface area contributed by atoms with Crippen LogP contribution in [-0.4, -0.2) is 32.6 Å². The molecule has 0 saturated carbocycles. The topological polar surface area (TPSA) is 113 Å². The molecule has 9 heteroatoms. The molecule has 1 atom stereocenters. The normalized spacial score (nSPS) is 18.5. The first-order chi connectivity index (χ1) is 14.4. The molecule has 0 unspecified atom stereocenters. The van der Waals surface area contributed by atoms with Gasteiger partial charge in [-0.25, -0.2) is 9.48 Å². The van der Waals surface area contributed by atoms with Gasteiger partial charge in [-0.3, -0.25) is 19.8 Å². The number of fused-ring (bicyclic) bond motifs is 1. The first-order valence-corrected chi connectivity index (χ1v) is 9.38. The van der Waals surface area contributed by atoms with Crippen molar-refractivity contribution >= 4 is 28.6 Å². The van der Waals surface area contributed by atoms with Crippen molar-refractivity contribution in [3.63, 3.8) is 0 Å². The Morgan fingerprint density at radius 2 is 1.67 bits per heavy atom. The van der Waals surface area contributed by atoms with Gasteiger partial charge in [0.2, 0.25) is 0 Å². The SMILES string of the molecule is CC[C@@]1(c2ccccc2)NC(=O)N(NC(=O)c2nn(C)c(=O)c3ccccc23)C1=O. The summed E-state index contributed by atoms with van der Waals surface area (Å²) in [5.41, 5.74) is 1.27. The fourth-order valence-electron chi connectivity index (χ4n) is 3.66. The molecule has 3 aromatic rings. The van der Waals surface area contributed by atoms with Gasteiger partial charge >= 0.3 is 6.03 Å². The number of aromatic nitrogens is 2. The van der Waals surface area contributed by atoms with E-state index in [-0.39, 0.29) is 11.3 Å². The Hall–Kier alpha value is -4.01. The van der Waals surface area contributed by atoms with E-state index in [0.717, 1.165) is 4.68 Å². The van der Waals surface area contributed by atoms with Crippen molar-refractivity contribution in [2.24, 2.45) is 7.05 Å². The number of hydrazine groups is 1. The molecule has 1 saturated heterocycles. The minimum atomic E-state index is -1.27. The quantitative estimate of drug-likeness (QED) is 0.638. The first-order valence-electron chi connectivity index (χ1n) is 9.38. The van der Waals surface area contributed by atoms with Crippen LogP contribution in [0.4, 0.5) is 4.79 Å². The summed E-state index contributed by atoms with van der Waals surface area (Å²) in [5, 5.41) is 8.03. The van der Waals surface area contributed by atoms with Crippen molar-refractivity contribution in [2.75, 3.05) is 0 Å². The van der Waals surface area contributed by atoms with Gasteiger partial charge in [0.25, 0.3) is 17.4 Å². The molecule has 9 nitrogen and oxygen atoms in total. The van der Waals surface area contributed by atoms with Crippen LogP contribution in [0.25, 0.3) is 10.8 Å². The maximum atomic E-state index is 13.2. The Balaban J connectivity index is 1.70. The largest absolute Gasteiger partial charge is 0.344 e. The van der Waals surface area contributed by atoms with Gasteiger partial charge < -0.3 is 5.32 Å². The molecule has 0 spiro atoms. The van der Waals surface area contributed by atoms with Crippen molar-refractivity contribution in [1.29, 1.82) is 0 Å². The van der Waals surface area contributed by atoms with Gasteiger partial charge in [-0.05, 0) is 18.1 Å². The average molecular weight is 405 g/mol. The summed E-state index contributed by atoms with van der Waals surface area (Å²) in [6.45, 7) is 1.78. The number of carbonyl (C=O) groups excluding carboxylic acids is 3. The second-order valence-electron chi connectivity index (χ2n) is 6.96. The smallest absolute Gasteiger partial charge is 0.318 e. The fourth-order valence-corrected chi connectivity index (χ4v) is 3.66. The van der Waals surface area contributed by atoms with Crippen LogP contribution in [0.5, 0.6) is 0 Å². The lowest BCUT2D eigenvalue weighted by molar-refractivity contribution is -0.133. The summed E-state index contributed by atoms with van der Waals surface area (Å²) >= 11 is 0. The molecule has 1 aromatic heterocycles. The molecule has 4 rings (SSSR count). The maximum Gasteiger partial charge on any atom is 0.344 e. The first kappa shape index (κ1) is 19.3. The van der Waals surface area contributed by atoms with Gasteiger partial charge in [-0.15, -0.1) is 0 Å². The summed E-state index contributed by atoms with van der Waals surface area (Å²) < 4.78 is 1.05. The molecule has 0 radical (unpaired) electrons. The maximum absolute atomic E-state index is 13.2. The summed E-state index contributed by atoms with van der Waals surface area (Å²) in [6, 6.07) is 14.6. The van der Waals surface area contributed by atoms with E-state index in [0.29, 0.717) is 27.8 Å². The van der Waals surface area contributed by atoms with Crippen molar-refractivity contribution in [3.05, 3.63) is 76.2 Å². The average Bonchev–Trinajstić information content (AvgIpc) is 3.02. The standard InChI is InChI=1S/C21H19N5O4/c1-3-21(13-9-5-4-6-10-13)19(29)26(20(30)22-21)24-17(27)16-14-11-7-8-12-15(14)18(28)25(2)23-16/h4-12H,3H2,1-2H3,(H,22,30)(H,24,27)/t21-/m0/s1. The highest BCUT2D eigenvalue weighted by atomic mass is 16.2. The van der Waals surface area contributed by atoms with Crippen LogP contribution in [0.3, 0.4) is 0 Å². The van der Waals surface area contributed by atoms with E-state index in [4.69, 9.17) is 0 Å². The second-order valence-corrected chi connectivity index (χ2v) is 6.96. The molecule has 30 heavy (non-hydrogen) atoms. The van der Waals surface area contributed by atoms with Crippen LogP contribution < -0.4 is 16.3 Å². The second kappa shape index (κ2) is 7.11. The van der Waals surface area contributed by atoms with Gasteiger partial charge in [0.15, 0.2) is 5.69 Å². The Labute approximate surface area is 171 Å². The number of hydrogen-bond donors (Lipinski definition) is 2. The van der Waals surface area contributed by atoms with E-state index in [1.807, 2.05) is 6.07 Å². The summed E-state index contributed by atoms with van der Waals surface area (Å²) in [6.07, 6.45) is 0.301. The predicted octanol–water partition coefficient (Wildman–Crippen LogP) is 1.44. The van der Waals surface area contributed by atoms with E-state index in [9.17, 15) is 19.2 Å². The highest BCUT2D eigenvalue weighted by Gasteiger charge is 2.52. The van der Waals surface area contributed by atoms with E-state index in [1.165, 1.54) is 7.05 Å². The zero-order valence-corrected chi connectivity index (χ0v) is 16.4. The molecule has 1 aliphatic rings. The molecular formula is C21H19N5O4. The number of benzene rings is 2. The Kier molecular flexibility index (Phi) is 4.57. The molecular weight excluding hydrogens is 386 g/mol. The molecule has 1 fully saturated rings. The molecule has 2 aromatic carbocycles. The van der Waals surface area contributed by atoms with Crippen molar-refractivity contribution in [2.45, 2.75) is 18.9 Å². The van der Waals surface area contributed by atoms with E-state index < -0.39 is 23.4 Å². The third-order valence-electron chi connectivity index (χ3n) is 5.27. The molecule has 2 N–H and O–H groups in total. The number of aryl methyl sites for hydroxylation is 1. The van der Waals surface area contributed by atoms with Gasteiger partial charge in [0, 0.05) is 12.4 Å². The van der Waals surface area contributed by atoms with Gasteiger partial charge in [0.05, 0.1) is 5.39 Å². The van der Waals surface area contributed by atoms with Gasteiger partial charge in [-0.2, -0.15) is 10.1 Å². The van der Waals surface area contributed by atoms with Gasteiger partial charge in [-0.1, -0.05) is 55.5 Å². The van der Waals surface area contributed by atoms with E-state index in [1.54, 1.807) is 55.5 Å². The minimum absolute atomic E-state index is 0.0676. The lowest BCUT2D eigenvalue weighted by atomic mass is 9.87. The Morgan fingerprint density at radius 3 is 2.33 bits per heavy atom. The lowest BCUT2D eigenvalue weighted by Crippen LogP contribution is -2.49. The Morgan fingerprint density at radius 1 is 1.03 bits per heavy atom. The van der Waals surface area contributed by atoms with Crippen LogP contribution in [0, 0.1) is 0 Å². The highest BCUT2D eigenvalue weighted by Crippen LogP contribution is 2.31. The number of carbonyl (C=O) groups is 3. The number of urea groups is 1. The summed E-state index contributed by atoms with van der Waals surface area (Å²) in [4.78, 5) is 51.0. The summed E-state index contributed by atoms with van der Waals surface area (Å²) in [7, 11) is 1.43. The summed E-state index contributed by atoms with van der Waals surface area (Å²) in [5.74, 6) is -1.37. The minimum Gasteiger partial charge on any atom is -0.318 e. The number of nitrogens with zero attached hydrogens (tertiary/aromatic N) is 3. The molecule has 4 amide bonds. The van der Waals surface area contributed by atoms with E-state index in [2.05, 4.69) is 15.8 Å². The molecule has 0 bridgehead atoms. The van der Waals surface area contributed by atoms with Crippen LogP contribution in [-0.2, 0) is 17.4 Å². The third-order valence-corrected chi connectivity index (χ3v) is 5.27. The number of hydrogen-bond acceptors (Lipinski definition) is 5. The number of nitrogens with one attached hydrogen (secondary N) is 2. The van der Waals surface area contributed by atoms with Crippen molar-refractivity contribution in [3.8, 4) is 0 Å². The third kappa shape index (κ3) is 2.83.